The highest BCUT2D eigenvalue weighted by Crippen LogP contribution is 2.30. The highest BCUT2D eigenvalue weighted by Gasteiger charge is 2.25. The van der Waals surface area contributed by atoms with Crippen LogP contribution in [0.15, 0.2) is 0 Å². The van der Waals surface area contributed by atoms with Gasteiger partial charge in [0.15, 0.2) is 0 Å². The Labute approximate surface area is 100 Å². The fourth-order valence-corrected chi connectivity index (χ4v) is 3.13. The lowest BCUT2D eigenvalue weighted by atomic mass is 9.83. The van der Waals surface area contributed by atoms with Gasteiger partial charge in [-0.2, -0.15) is 0 Å². The quantitative estimate of drug-likeness (QED) is 0.673. The van der Waals surface area contributed by atoms with Crippen LogP contribution in [0, 0.1) is 11.8 Å². The molecular formula is C14H27NO. The maximum absolute atomic E-state index is 5.77. The van der Waals surface area contributed by atoms with E-state index in [1.54, 1.807) is 0 Å². The summed E-state index contributed by atoms with van der Waals surface area (Å²) in [5.74, 6) is 1.87. The summed E-state index contributed by atoms with van der Waals surface area (Å²) >= 11 is 0. The fraction of sp³-hybridized carbons (Fsp3) is 1.00. The molecule has 2 aliphatic rings. The average molecular weight is 225 g/mol. The van der Waals surface area contributed by atoms with Crippen molar-refractivity contribution in [3.63, 3.8) is 0 Å². The minimum Gasteiger partial charge on any atom is -0.381 e. The minimum atomic E-state index is 0.759. The van der Waals surface area contributed by atoms with Crippen molar-refractivity contribution in [3.05, 3.63) is 0 Å². The molecule has 0 radical (unpaired) electrons. The second kappa shape index (κ2) is 6.61. The van der Waals surface area contributed by atoms with Gasteiger partial charge in [-0.05, 0) is 44.6 Å². The summed E-state index contributed by atoms with van der Waals surface area (Å²) in [5.41, 5.74) is 0. The normalized spacial score (nSPS) is 30.6. The lowest BCUT2D eigenvalue weighted by Crippen LogP contribution is -2.29. The summed E-state index contributed by atoms with van der Waals surface area (Å²) in [6, 6.07) is 0.759. The molecule has 0 bridgehead atoms. The molecule has 16 heavy (non-hydrogen) atoms. The average Bonchev–Trinajstić information content (AvgIpc) is 2.68. The first kappa shape index (κ1) is 12.4. The molecule has 2 fully saturated rings. The van der Waals surface area contributed by atoms with E-state index in [9.17, 15) is 0 Å². The molecule has 2 saturated carbocycles. The van der Waals surface area contributed by atoms with Gasteiger partial charge in [-0.15, -0.1) is 0 Å². The zero-order valence-corrected chi connectivity index (χ0v) is 10.7. The highest BCUT2D eigenvalue weighted by molar-refractivity contribution is 4.81. The molecular weight excluding hydrogens is 198 g/mol. The Morgan fingerprint density at radius 3 is 2.44 bits per heavy atom. The van der Waals surface area contributed by atoms with E-state index in [4.69, 9.17) is 4.74 Å². The molecule has 2 unspecified atom stereocenters. The van der Waals surface area contributed by atoms with Gasteiger partial charge in [0.25, 0.3) is 0 Å². The molecule has 2 rings (SSSR count). The molecule has 0 aliphatic heterocycles. The Morgan fingerprint density at radius 1 is 1.00 bits per heavy atom. The van der Waals surface area contributed by atoms with Gasteiger partial charge >= 0.3 is 0 Å². The number of nitrogens with one attached hydrogen (secondary N) is 1. The van der Waals surface area contributed by atoms with Crippen molar-refractivity contribution < 1.29 is 4.74 Å². The number of rotatable bonds is 7. The third-order valence-electron chi connectivity index (χ3n) is 4.56. The van der Waals surface area contributed by atoms with Gasteiger partial charge in [-0.25, -0.2) is 0 Å². The summed E-state index contributed by atoms with van der Waals surface area (Å²) in [7, 11) is 2.10. The zero-order chi connectivity index (χ0) is 11.2. The molecule has 0 spiro atoms. The second-order valence-corrected chi connectivity index (χ2v) is 5.57. The lowest BCUT2D eigenvalue weighted by Gasteiger charge is -2.25. The van der Waals surface area contributed by atoms with Gasteiger partial charge in [0.2, 0.25) is 0 Å². The van der Waals surface area contributed by atoms with Crippen molar-refractivity contribution in [1.29, 1.82) is 0 Å². The SMILES string of the molecule is CNC1CCCC1CCOCCC1CCC1. The van der Waals surface area contributed by atoms with Crippen LogP contribution in [-0.2, 0) is 4.74 Å². The van der Waals surface area contributed by atoms with E-state index in [1.807, 2.05) is 0 Å². The topological polar surface area (TPSA) is 21.3 Å². The van der Waals surface area contributed by atoms with Crippen LogP contribution in [0.3, 0.4) is 0 Å². The van der Waals surface area contributed by atoms with E-state index in [0.717, 1.165) is 31.1 Å². The van der Waals surface area contributed by atoms with Crippen LogP contribution in [0.2, 0.25) is 0 Å². The Bertz CT molecular complexity index is 191. The zero-order valence-electron chi connectivity index (χ0n) is 10.7. The second-order valence-electron chi connectivity index (χ2n) is 5.57. The van der Waals surface area contributed by atoms with Crippen LogP contribution in [0.5, 0.6) is 0 Å². The van der Waals surface area contributed by atoms with Crippen LogP contribution in [-0.4, -0.2) is 26.3 Å². The van der Waals surface area contributed by atoms with Gasteiger partial charge in [0.1, 0.15) is 0 Å². The molecule has 0 aromatic carbocycles. The van der Waals surface area contributed by atoms with Crippen molar-refractivity contribution in [2.24, 2.45) is 11.8 Å². The van der Waals surface area contributed by atoms with Crippen LogP contribution < -0.4 is 5.32 Å². The summed E-state index contributed by atoms with van der Waals surface area (Å²) in [4.78, 5) is 0. The van der Waals surface area contributed by atoms with Crippen molar-refractivity contribution in [2.75, 3.05) is 20.3 Å². The maximum Gasteiger partial charge on any atom is 0.0469 e. The van der Waals surface area contributed by atoms with E-state index < -0.39 is 0 Å². The van der Waals surface area contributed by atoms with E-state index in [0.29, 0.717) is 0 Å². The molecule has 2 aliphatic carbocycles. The molecule has 1 N–H and O–H groups in total. The molecule has 0 aromatic heterocycles. The standard InChI is InChI=1S/C14H27NO/c1-15-14-7-3-6-13(14)9-11-16-10-8-12-4-2-5-12/h12-15H,2-11H2,1H3. The molecule has 2 heteroatoms. The molecule has 0 amide bonds. The molecule has 94 valence electrons. The largest absolute Gasteiger partial charge is 0.381 e. The molecule has 2 atom stereocenters. The van der Waals surface area contributed by atoms with Gasteiger partial charge in [-0.1, -0.05) is 25.7 Å². The molecule has 0 heterocycles. The third kappa shape index (κ3) is 3.46. The number of hydrogen-bond donors (Lipinski definition) is 1. The Balaban J connectivity index is 1.47. The van der Waals surface area contributed by atoms with Crippen LogP contribution in [0.25, 0.3) is 0 Å². The van der Waals surface area contributed by atoms with Gasteiger partial charge in [0.05, 0.1) is 0 Å². The Morgan fingerprint density at radius 2 is 1.75 bits per heavy atom. The Hall–Kier alpha value is -0.0800. The molecule has 0 aromatic rings. The summed E-state index contributed by atoms with van der Waals surface area (Å²) in [5, 5.41) is 3.44. The minimum absolute atomic E-state index is 0.759. The summed E-state index contributed by atoms with van der Waals surface area (Å²) in [6.07, 6.45) is 11.1. The van der Waals surface area contributed by atoms with E-state index in [-0.39, 0.29) is 0 Å². The van der Waals surface area contributed by atoms with Crippen LogP contribution in [0.1, 0.15) is 51.4 Å². The molecule has 0 saturated heterocycles. The van der Waals surface area contributed by atoms with Gasteiger partial charge in [-0.3, -0.25) is 0 Å². The number of hydrogen-bond acceptors (Lipinski definition) is 2. The van der Waals surface area contributed by atoms with Crippen molar-refractivity contribution in [2.45, 2.75) is 57.4 Å². The highest BCUT2D eigenvalue weighted by atomic mass is 16.5. The van der Waals surface area contributed by atoms with Crippen molar-refractivity contribution in [1.82, 2.24) is 5.32 Å². The van der Waals surface area contributed by atoms with E-state index >= 15 is 0 Å². The monoisotopic (exact) mass is 225 g/mol. The first-order chi connectivity index (χ1) is 7.90. The Kier molecular flexibility index (Phi) is 5.11. The van der Waals surface area contributed by atoms with E-state index in [1.165, 1.54) is 51.4 Å². The first-order valence-electron chi connectivity index (χ1n) is 7.15. The first-order valence-corrected chi connectivity index (χ1v) is 7.15. The van der Waals surface area contributed by atoms with Gasteiger partial charge in [0, 0.05) is 19.3 Å². The third-order valence-corrected chi connectivity index (χ3v) is 4.56. The van der Waals surface area contributed by atoms with Crippen LogP contribution in [0.4, 0.5) is 0 Å². The molecule has 2 nitrogen and oxygen atoms in total. The fourth-order valence-electron chi connectivity index (χ4n) is 3.13. The predicted octanol–water partition coefficient (Wildman–Crippen LogP) is 2.97. The summed E-state index contributed by atoms with van der Waals surface area (Å²) < 4.78 is 5.77. The van der Waals surface area contributed by atoms with Crippen molar-refractivity contribution in [3.8, 4) is 0 Å². The van der Waals surface area contributed by atoms with Crippen molar-refractivity contribution >= 4 is 0 Å². The lowest BCUT2D eigenvalue weighted by molar-refractivity contribution is 0.0939. The smallest absolute Gasteiger partial charge is 0.0469 e. The van der Waals surface area contributed by atoms with Crippen LogP contribution >= 0.6 is 0 Å². The van der Waals surface area contributed by atoms with Gasteiger partial charge < -0.3 is 10.1 Å². The number of ether oxygens (including phenoxy) is 1. The summed E-state index contributed by atoms with van der Waals surface area (Å²) in [6.45, 7) is 1.98. The predicted molar refractivity (Wildman–Crippen MR) is 67.6 cm³/mol. The maximum atomic E-state index is 5.77. The van der Waals surface area contributed by atoms with E-state index in [2.05, 4.69) is 12.4 Å².